The van der Waals surface area contributed by atoms with Crippen LogP contribution in [0.1, 0.15) is 12.8 Å². The number of ether oxygens (including phenoxy) is 2. The average molecular weight is 314 g/mol. The maximum atomic E-state index is 12.6. The number of hydrogen-bond acceptors (Lipinski definition) is 5. The lowest BCUT2D eigenvalue weighted by Crippen LogP contribution is -2.39. The highest BCUT2D eigenvalue weighted by Crippen LogP contribution is 2.29. The zero-order valence-corrected chi connectivity index (χ0v) is 13.2. The Balaban J connectivity index is 2.16. The summed E-state index contributed by atoms with van der Waals surface area (Å²) in [6.45, 7) is 1.68. The molecule has 0 bridgehead atoms. The summed E-state index contributed by atoms with van der Waals surface area (Å²) in [6.07, 6.45) is 1.62. The zero-order valence-electron chi connectivity index (χ0n) is 12.4. The third-order valence-electron chi connectivity index (χ3n) is 3.81. The van der Waals surface area contributed by atoms with E-state index in [4.69, 9.17) is 15.2 Å². The van der Waals surface area contributed by atoms with E-state index in [-0.39, 0.29) is 10.6 Å². The Labute approximate surface area is 125 Å². The lowest BCUT2D eigenvalue weighted by molar-refractivity contribution is 0.121. The van der Waals surface area contributed by atoms with Crippen LogP contribution in [0.5, 0.6) is 5.75 Å². The van der Waals surface area contributed by atoms with E-state index in [0.717, 1.165) is 12.8 Å². The molecule has 1 fully saturated rings. The number of piperidine rings is 1. The summed E-state index contributed by atoms with van der Waals surface area (Å²) in [5, 5.41) is 0. The highest BCUT2D eigenvalue weighted by Gasteiger charge is 2.30. The molecule has 21 heavy (non-hydrogen) atoms. The molecular weight excluding hydrogens is 292 g/mol. The molecular formula is C14H22N2O4S. The molecule has 0 saturated carbocycles. The van der Waals surface area contributed by atoms with Crippen molar-refractivity contribution in [2.24, 2.45) is 5.92 Å². The molecule has 118 valence electrons. The molecule has 2 rings (SSSR count). The quantitative estimate of drug-likeness (QED) is 0.829. The van der Waals surface area contributed by atoms with E-state index in [2.05, 4.69) is 0 Å². The van der Waals surface area contributed by atoms with Crippen molar-refractivity contribution in [2.75, 3.05) is 39.6 Å². The van der Waals surface area contributed by atoms with Crippen molar-refractivity contribution >= 4 is 15.7 Å². The second kappa shape index (κ2) is 6.64. The standard InChI is InChI=1S/C14H22N2O4S/c1-19-10-11-5-7-16(8-6-11)21(17,18)14-4-3-12(20-2)9-13(14)15/h3-4,9,11H,5-8,10,15H2,1-2H3. The third-order valence-corrected chi connectivity index (χ3v) is 5.78. The topological polar surface area (TPSA) is 81.9 Å². The average Bonchev–Trinajstić information content (AvgIpc) is 2.47. The molecule has 0 aromatic heterocycles. The maximum absolute atomic E-state index is 12.6. The fraction of sp³-hybridized carbons (Fsp3) is 0.571. The second-order valence-electron chi connectivity index (χ2n) is 5.21. The van der Waals surface area contributed by atoms with Crippen molar-refractivity contribution < 1.29 is 17.9 Å². The van der Waals surface area contributed by atoms with Gasteiger partial charge in [0.15, 0.2) is 0 Å². The van der Waals surface area contributed by atoms with Gasteiger partial charge in [0.25, 0.3) is 0 Å². The number of sulfonamides is 1. The number of benzene rings is 1. The van der Waals surface area contributed by atoms with Gasteiger partial charge in [0.05, 0.1) is 12.8 Å². The second-order valence-corrected chi connectivity index (χ2v) is 7.11. The SMILES string of the molecule is COCC1CCN(S(=O)(=O)c2ccc(OC)cc2N)CC1. The van der Waals surface area contributed by atoms with E-state index in [0.29, 0.717) is 31.4 Å². The van der Waals surface area contributed by atoms with Crippen LogP contribution in [-0.4, -0.2) is 46.6 Å². The smallest absolute Gasteiger partial charge is 0.245 e. The first-order valence-electron chi connectivity index (χ1n) is 6.91. The molecule has 1 heterocycles. The van der Waals surface area contributed by atoms with E-state index in [1.165, 1.54) is 23.5 Å². The minimum atomic E-state index is -3.54. The van der Waals surface area contributed by atoms with Gasteiger partial charge < -0.3 is 15.2 Å². The number of nitrogens with zero attached hydrogens (tertiary/aromatic N) is 1. The number of hydrogen-bond donors (Lipinski definition) is 1. The van der Waals surface area contributed by atoms with Gasteiger partial charge >= 0.3 is 0 Å². The van der Waals surface area contributed by atoms with Crippen molar-refractivity contribution in [3.63, 3.8) is 0 Å². The monoisotopic (exact) mass is 314 g/mol. The van der Waals surface area contributed by atoms with Crippen LogP contribution in [0.4, 0.5) is 5.69 Å². The van der Waals surface area contributed by atoms with Gasteiger partial charge in [-0.3, -0.25) is 0 Å². The Hall–Kier alpha value is -1.31. The van der Waals surface area contributed by atoms with Gasteiger partial charge in [0, 0.05) is 32.9 Å². The van der Waals surface area contributed by atoms with E-state index in [1.807, 2.05) is 0 Å². The third kappa shape index (κ3) is 3.48. The number of nitrogen functional groups attached to an aromatic ring is 1. The Morgan fingerprint density at radius 2 is 1.95 bits per heavy atom. The number of anilines is 1. The van der Waals surface area contributed by atoms with Crippen LogP contribution in [0.25, 0.3) is 0 Å². The van der Waals surface area contributed by atoms with Crippen LogP contribution >= 0.6 is 0 Å². The van der Waals surface area contributed by atoms with Crippen molar-refractivity contribution in [3.05, 3.63) is 18.2 Å². The summed E-state index contributed by atoms with van der Waals surface area (Å²) in [4.78, 5) is 0.147. The van der Waals surface area contributed by atoms with Crippen molar-refractivity contribution in [3.8, 4) is 5.75 Å². The number of nitrogens with two attached hydrogens (primary N) is 1. The Bertz CT molecular complexity index is 581. The van der Waals surface area contributed by atoms with E-state index in [1.54, 1.807) is 13.2 Å². The zero-order chi connectivity index (χ0) is 15.5. The first-order chi connectivity index (χ1) is 9.98. The summed E-state index contributed by atoms with van der Waals surface area (Å²) in [5.74, 6) is 0.972. The minimum absolute atomic E-state index is 0.147. The van der Waals surface area contributed by atoms with Crippen LogP contribution in [0.2, 0.25) is 0 Å². The molecule has 0 spiro atoms. The highest BCUT2D eigenvalue weighted by molar-refractivity contribution is 7.89. The lowest BCUT2D eigenvalue weighted by atomic mass is 9.99. The van der Waals surface area contributed by atoms with Gasteiger partial charge in [0.1, 0.15) is 10.6 Å². The van der Waals surface area contributed by atoms with E-state index < -0.39 is 10.0 Å². The summed E-state index contributed by atoms with van der Waals surface area (Å²) < 4.78 is 37.0. The van der Waals surface area contributed by atoms with Gasteiger partial charge in [-0.2, -0.15) is 4.31 Å². The number of rotatable bonds is 5. The Kier molecular flexibility index (Phi) is 5.08. The Morgan fingerprint density at radius 3 is 2.48 bits per heavy atom. The van der Waals surface area contributed by atoms with Crippen molar-refractivity contribution in [1.29, 1.82) is 0 Å². The first kappa shape index (κ1) is 16.1. The summed E-state index contributed by atoms with van der Waals surface area (Å²) >= 11 is 0. The molecule has 0 aliphatic carbocycles. The van der Waals surface area contributed by atoms with Crippen LogP contribution < -0.4 is 10.5 Å². The highest BCUT2D eigenvalue weighted by atomic mass is 32.2. The van der Waals surface area contributed by atoms with Crippen LogP contribution in [0.3, 0.4) is 0 Å². The fourth-order valence-electron chi connectivity index (χ4n) is 2.58. The lowest BCUT2D eigenvalue weighted by Gasteiger charge is -2.31. The van der Waals surface area contributed by atoms with E-state index in [9.17, 15) is 8.42 Å². The minimum Gasteiger partial charge on any atom is -0.497 e. The van der Waals surface area contributed by atoms with Crippen molar-refractivity contribution in [2.45, 2.75) is 17.7 Å². The Morgan fingerprint density at radius 1 is 1.29 bits per heavy atom. The molecule has 1 aromatic rings. The molecule has 7 heteroatoms. The normalized spacial score (nSPS) is 17.8. The van der Waals surface area contributed by atoms with E-state index >= 15 is 0 Å². The van der Waals surface area contributed by atoms with Crippen molar-refractivity contribution in [1.82, 2.24) is 4.31 Å². The maximum Gasteiger partial charge on any atom is 0.245 e. The van der Waals surface area contributed by atoms with Crippen LogP contribution in [0, 0.1) is 5.92 Å². The predicted molar refractivity (Wildman–Crippen MR) is 80.8 cm³/mol. The van der Waals surface area contributed by atoms with Crippen LogP contribution in [-0.2, 0) is 14.8 Å². The summed E-state index contributed by atoms with van der Waals surface area (Å²) in [5.41, 5.74) is 6.07. The molecule has 2 N–H and O–H groups in total. The van der Waals surface area contributed by atoms with Gasteiger partial charge in [-0.1, -0.05) is 0 Å². The molecule has 0 unspecified atom stereocenters. The molecule has 1 aromatic carbocycles. The molecule has 0 atom stereocenters. The summed E-state index contributed by atoms with van der Waals surface area (Å²) in [7, 11) is -0.359. The number of methoxy groups -OCH3 is 2. The predicted octanol–water partition coefficient (Wildman–Crippen LogP) is 1.32. The largest absolute Gasteiger partial charge is 0.497 e. The first-order valence-corrected chi connectivity index (χ1v) is 8.35. The summed E-state index contributed by atoms with van der Waals surface area (Å²) in [6, 6.07) is 4.65. The molecule has 0 amide bonds. The van der Waals surface area contributed by atoms with Gasteiger partial charge in [-0.25, -0.2) is 8.42 Å². The van der Waals surface area contributed by atoms with Crippen LogP contribution in [0.15, 0.2) is 23.1 Å². The van der Waals surface area contributed by atoms with Gasteiger partial charge in [0.2, 0.25) is 10.0 Å². The molecule has 6 nitrogen and oxygen atoms in total. The van der Waals surface area contributed by atoms with Gasteiger partial charge in [-0.05, 0) is 30.9 Å². The molecule has 1 aliphatic rings. The fourth-order valence-corrected chi connectivity index (χ4v) is 4.15. The molecule has 0 radical (unpaired) electrons. The molecule has 1 saturated heterocycles. The van der Waals surface area contributed by atoms with Gasteiger partial charge in [-0.15, -0.1) is 0 Å². The molecule has 1 aliphatic heterocycles.